The molecule has 3 aliphatic heterocycles. The molecule has 11 rings (SSSR count). The number of nitrogens with zero attached hydrogens (tertiary/aromatic N) is 3. The van der Waals surface area contributed by atoms with Crippen LogP contribution in [0.5, 0.6) is 0 Å². The van der Waals surface area contributed by atoms with Crippen molar-refractivity contribution in [3.8, 4) is 11.1 Å². The predicted molar refractivity (Wildman–Crippen MR) is 285 cm³/mol. The number of fused-ring (bicyclic) bond motifs is 7. The number of anilines is 8. The average Bonchev–Trinajstić information content (AvgIpc) is 3.68. The summed E-state index contributed by atoms with van der Waals surface area (Å²) in [4.78, 5) is 7.97. The van der Waals surface area contributed by atoms with Crippen LogP contribution >= 0.6 is 0 Å². The molecule has 1 saturated carbocycles. The lowest BCUT2D eigenvalue weighted by molar-refractivity contribution is 0.330. The minimum atomic E-state index is -0.0383. The highest BCUT2D eigenvalue weighted by molar-refractivity contribution is 7.00. The third kappa shape index (κ3) is 6.30. The van der Waals surface area contributed by atoms with E-state index in [4.69, 9.17) is 0 Å². The molecule has 332 valence electrons. The number of benzene rings is 7. The van der Waals surface area contributed by atoms with E-state index in [0.29, 0.717) is 0 Å². The molecule has 0 radical (unpaired) electrons. The van der Waals surface area contributed by atoms with Gasteiger partial charge < -0.3 is 14.7 Å². The quantitative estimate of drug-likeness (QED) is 0.163. The van der Waals surface area contributed by atoms with Crippen LogP contribution in [0, 0.1) is 6.92 Å². The van der Waals surface area contributed by atoms with E-state index in [1.807, 2.05) is 0 Å². The molecule has 4 heteroatoms. The van der Waals surface area contributed by atoms with E-state index >= 15 is 0 Å². The molecule has 0 spiro atoms. The zero-order valence-corrected chi connectivity index (χ0v) is 41.4. The van der Waals surface area contributed by atoms with Crippen molar-refractivity contribution in [3.63, 3.8) is 0 Å². The van der Waals surface area contributed by atoms with Gasteiger partial charge in [-0.25, -0.2) is 0 Å². The molecule has 7 aromatic carbocycles. The van der Waals surface area contributed by atoms with E-state index in [2.05, 4.69) is 243 Å². The van der Waals surface area contributed by atoms with E-state index in [9.17, 15) is 0 Å². The van der Waals surface area contributed by atoms with E-state index < -0.39 is 0 Å². The largest absolute Gasteiger partial charge is 0.334 e. The number of rotatable bonds is 4. The smallest absolute Gasteiger partial charge is 0.252 e. The molecule has 0 amide bonds. The molecule has 0 N–H and O–H groups in total. The first kappa shape index (κ1) is 42.6. The van der Waals surface area contributed by atoms with Gasteiger partial charge in [0.25, 0.3) is 6.71 Å². The van der Waals surface area contributed by atoms with Crippen molar-refractivity contribution in [1.29, 1.82) is 0 Å². The first-order valence-electron chi connectivity index (χ1n) is 24.5. The van der Waals surface area contributed by atoms with E-state index in [0.717, 1.165) is 0 Å². The third-order valence-corrected chi connectivity index (χ3v) is 16.3. The highest BCUT2D eigenvalue weighted by Gasteiger charge is 2.59. The second kappa shape index (κ2) is 14.5. The second-order valence-electron chi connectivity index (χ2n) is 23.5. The Morgan fingerprint density at radius 2 is 1.03 bits per heavy atom. The van der Waals surface area contributed by atoms with Crippen LogP contribution in [0.2, 0.25) is 0 Å². The number of para-hydroxylation sites is 1. The minimum Gasteiger partial charge on any atom is -0.334 e. The fraction of sp³-hybridized carbons (Fsp3) is 0.323. The van der Waals surface area contributed by atoms with Crippen molar-refractivity contribution in [2.24, 2.45) is 0 Å². The summed E-state index contributed by atoms with van der Waals surface area (Å²) in [7, 11) is 0. The van der Waals surface area contributed by atoms with Crippen molar-refractivity contribution in [1.82, 2.24) is 0 Å². The van der Waals surface area contributed by atoms with E-state index in [1.54, 1.807) is 0 Å². The molecular weight excluding hydrogens is 798 g/mol. The Morgan fingerprint density at radius 3 is 1.71 bits per heavy atom. The number of hydrogen-bond acceptors (Lipinski definition) is 3. The van der Waals surface area contributed by atoms with Crippen molar-refractivity contribution in [3.05, 3.63) is 173 Å². The summed E-state index contributed by atoms with van der Waals surface area (Å²) in [5.41, 5.74) is 23.4. The van der Waals surface area contributed by atoms with Gasteiger partial charge in [-0.05, 0) is 153 Å². The topological polar surface area (TPSA) is 9.72 Å². The first-order valence-corrected chi connectivity index (χ1v) is 24.5. The summed E-state index contributed by atoms with van der Waals surface area (Å²) < 4.78 is 0. The first-order chi connectivity index (χ1) is 31.3. The molecule has 66 heavy (non-hydrogen) atoms. The van der Waals surface area contributed by atoms with Gasteiger partial charge in [0.15, 0.2) is 0 Å². The van der Waals surface area contributed by atoms with Crippen LogP contribution in [0.15, 0.2) is 146 Å². The zero-order valence-electron chi connectivity index (χ0n) is 41.4. The summed E-state index contributed by atoms with van der Waals surface area (Å²) in [6.07, 6.45) is 3.62. The standard InChI is InChI=1S/C62H66BN3/c1-40-35-55-57-56(36-40)65(51-32-26-43(59(5,6)7)37-47(51)41-19-14-13-15-20-41)53-38-44(60(8,9)10)25-30-49(53)63(57)50-31-29-46(39-54(50)64(55)45-27-23-42(24-28-45)58(2,3)4)66-52-22-17-16-21-48(52)61(11)33-18-34-62(61,66)12/h13-17,19-32,35-39H,18,33-34H2,1-12H3. The van der Waals surface area contributed by atoms with Crippen molar-refractivity contribution in [2.45, 2.75) is 130 Å². The van der Waals surface area contributed by atoms with Gasteiger partial charge in [-0.3, -0.25) is 0 Å². The Hall–Kier alpha value is -6.00. The van der Waals surface area contributed by atoms with Crippen LogP contribution in [-0.2, 0) is 21.7 Å². The van der Waals surface area contributed by atoms with Crippen LogP contribution in [0.25, 0.3) is 11.1 Å². The van der Waals surface area contributed by atoms with Gasteiger partial charge in [0.1, 0.15) is 0 Å². The Balaban J connectivity index is 1.21. The minimum absolute atomic E-state index is 0.00851. The van der Waals surface area contributed by atoms with Gasteiger partial charge in [-0.1, -0.05) is 161 Å². The van der Waals surface area contributed by atoms with Gasteiger partial charge in [-0.15, -0.1) is 0 Å². The maximum atomic E-state index is 2.73. The lowest BCUT2D eigenvalue weighted by Crippen LogP contribution is -2.61. The van der Waals surface area contributed by atoms with Gasteiger partial charge >= 0.3 is 0 Å². The highest BCUT2D eigenvalue weighted by atomic mass is 15.3. The van der Waals surface area contributed by atoms with Crippen LogP contribution in [-0.4, -0.2) is 12.3 Å². The van der Waals surface area contributed by atoms with Crippen LogP contribution in [0.1, 0.15) is 123 Å². The maximum absolute atomic E-state index is 2.73. The molecule has 1 aliphatic carbocycles. The van der Waals surface area contributed by atoms with E-state index in [-0.39, 0.29) is 33.9 Å². The lowest BCUT2D eigenvalue weighted by Gasteiger charge is -2.46. The van der Waals surface area contributed by atoms with Crippen LogP contribution in [0.3, 0.4) is 0 Å². The molecule has 3 heterocycles. The number of aryl methyl sites for hydroxylation is 1. The van der Waals surface area contributed by atoms with Crippen molar-refractivity contribution >= 4 is 68.6 Å². The molecular formula is C62H66BN3. The molecule has 4 aliphatic rings. The highest BCUT2D eigenvalue weighted by Crippen LogP contribution is 2.62. The van der Waals surface area contributed by atoms with Gasteiger partial charge in [0.05, 0.1) is 11.2 Å². The Labute approximate surface area is 395 Å². The summed E-state index contributed by atoms with van der Waals surface area (Å²) in [5.74, 6) is 0. The fourth-order valence-electron chi connectivity index (χ4n) is 12.4. The lowest BCUT2D eigenvalue weighted by atomic mass is 9.33. The van der Waals surface area contributed by atoms with Crippen molar-refractivity contribution in [2.75, 3.05) is 14.7 Å². The Kier molecular flexibility index (Phi) is 9.37. The normalized spacial score (nSPS) is 19.6. The second-order valence-corrected chi connectivity index (χ2v) is 23.5. The van der Waals surface area contributed by atoms with Crippen molar-refractivity contribution < 1.29 is 0 Å². The molecule has 2 atom stereocenters. The van der Waals surface area contributed by atoms with Gasteiger partial charge in [0, 0.05) is 50.8 Å². The van der Waals surface area contributed by atoms with Crippen LogP contribution in [0.4, 0.5) is 45.5 Å². The Morgan fingerprint density at radius 1 is 0.470 bits per heavy atom. The summed E-state index contributed by atoms with van der Waals surface area (Å²) in [5, 5.41) is 0. The van der Waals surface area contributed by atoms with Gasteiger partial charge in [0.2, 0.25) is 0 Å². The average molecular weight is 864 g/mol. The number of hydrogen-bond donors (Lipinski definition) is 0. The maximum Gasteiger partial charge on any atom is 0.252 e. The molecule has 7 aromatic rings. The SMILES string of the molecule is Cc1cc2c3c(c1)N(c1ccc(C(C)(C)C)cc1-c1ccccc1)c1cc(C(C)(C)C)ccc1B3c1ccc(N3c4ccccc4C4(C)CCCC34C)cc1N2c1ccc(C(C)(C)C)cc1. The predicted octanol–water partition coefficient (Wildman–Crippen LogP) is 15.0. The van der Waals surface area contributed by atoms with Crippen LogP contribution < -0.4 is 31.1 Å². The molecule has 3 nitrogen and oxygen atoms in total. The molecule has 1 fully saturated rings. The Bertz CT molecular complexity index is 3070. The summed E-state index contributed by atoms with van der Waals surface area (Å²) >= 11 is 0. The fourth-order valence-corrected chi connectivity index (χ4v) is 12.4. The molecule has 0 bridgehead atoms. The third-order valence-electron chi connectivity index (χ3n) is 16.3. The molecule has 0 saturated heterocycles. The monoisotopic (exact) mass is 864 g/mol. The zero-order chi connectivity index (χ0) is 46.3. The summed E-state index contributed by atoms with van der Waals surface area (Å²) in [6, 6.07) is 56.8. The summed E-state index contributed by atoms with van der Waals surface area (Å²) in [6.45, 7) is 28.3. The van der Waals surface area contributed by atoms with Gasteiger partial charge in [-0.2, -0.15) is 0 Å². The molecule has 2 unspecified atom stereocenters. The van der Waals surface area contributed by atoms with E-state index in [1.165, 1.54) is 120 Å². The molecule has 0 aromatic heterocycles.